The number of anilines is 3. The summed E-state index contributed by atoms with van der Waals surface area (Å²) in [6.45, 7) is 0. The Kier molecular flexibility index (Phi) is 9.42. The monoisotopic (exact) mass is 398 g/mol. The van der Waals surface area contributed by atoms with Crippen LogP contribution in [0.2, 0.25) is 0 Å². The van der Waals surface area contributed by atoms with Gasteiger partial charge in [0.1, 0.15) is 12.7 Å². The van der Waals surface area contributed by atoms with Gasteiger partial charge in [0.15, 0.2) is 12.4 Å². The van der Waals surface area contributed by atoms with Gasteiger partial charge in [0.05, 0.1) is 26.5 Å². The van der Waals surface area contributed by atoms with Crippen LogP contribution < -0.4 is 55.8 Å². The second-order valence-electron chi connectivity index (χ2n) is 5.40. The number of halogens is 3. The van der Waals surface area contributed by atoms with Crippen LogP contribution in [-0.4, -0.2) is 0 Å². The molecule has 0 radical (unpaired) electrons. The molecule has 3 aromatic heterocycles. The third-order valence-electron chi connectivity index (χ3n) is 3.73. The van der Waals surface area contributed by atoms with Crippen LogP contribution in [0.1, 0.15) is 0 Å². The van der Waals surface area contributed by atoms with E-state index in [4.69, 9.17) is 0 Å². The summed E-state index contributed by atoms with van der Waals surface area (Å²) in [6.07, 6.45) is 8.25. The minimum absolute atomic E-state index is 0. The van der Waals surface area contributed by atoms with Crippen molar-refractivity contribution in [1.29, 1.82) is 0 Å². The Morgan fingerprint density at radius 2 is 1.04 bits per heavy atom. The van der Waals surface area contributed by atoms with Gasteiger partial charge in [0.2, 0.25) is 0 Å². The maximum atomic E-state index is 2.25. The first-order chi connectivity index (χ1) is 10.7. The highest BCUT2D eigenvalue weighted by Gasteiger charge is 2.27. The molecule has 3 aromatic rings. The van der Waals surface area contributed by atoms with Crippen LogP contribution in [0.25, 0.3) is 0 Å². The van der Waals surface area contributed by atoms with Crippen molar-refractivity contribution < 1.29 is 50.9 Å². The van der Waals surface area contributed by atoms with Crippen molar-refractivity contribution in [1.82, 2.24) is 0 Å². The normalized spacial score (nSPS) is 9.24. The Balaban J connectivity index is 0.00000192. The fourth-order valence-corrected chi connectivity index (χ4v) is 2.52. The van der Waals surface area contributed by atoms with E-state index in [0.717, 1.165) is 17.3 Å². The lowest BCUT2D eigenvalue weighted by molar-refractivity contribution is -0.671. The lowest BCUT2D eigenvalue weighted by Gasteiger charge is -2.17. The van der Waals surface area contributed by atoms with Gasteiger partial charge in [-0.2, -0.15) is 4.90 Å². The van der Waals surface area contributed by atoms with Gasteiger partial charge in [-0.05, 0) is 12.1 Å². The molecule has 7 heteroatoms. The molecule has 3 heterocycles. The average molecular weight is 400 g/mol. The fraction of sp³-hybridized carbons (Fsp3) is 0.167. The van der Waals surface area contributed by atoms with E-state index >= 15 is 0 Å². The lowest BCUT2D eigenvalue weighted by atomic mass is 10.3. The molecule has 25 heavy (non-hydrogen) atoms. The SMILES string of the molecule is C[n+]1ccc(N(c2cccc[n+]2C)c2cccc[n+]2C)cc1.[Cl-].[Cl-].[Cl-]. The third kappa shape index (κ3) is 5.05. The summed E-state index contributed by atoms with van der Waals surface area (Å²) < 4.78 is 6.29. The number of aromatic nitrogens is 3. The van der Waals surface area contributed by atoms with Gasteiger partial charge in [0, 0.05) is 24.3 Å². The van der Waals surface area contributed by atoms with Crippen molar-refractivity contribution >= 4 is 17.3 Å². The highest BCUT2D eigenvalue weighted by molar-refractivity contribution is 5.68. The van der Waals surface area contributed by atoms with Crippen molar-refractivity contribution in [2.45, 2.75) is 0 Å². The van der Waals surface area contributed by atoms with Gasteiger partial charge in [0.25, 0.3) is 11.6 Å². The molecule has 0 atom stereocenters. The van der Waals surface area contributed by atoms with Gasteiger partial charge < -0.3 is 37.2 Å². The zero-order valence-corrected chi connectivity index (χ0v) is 16.6. The maximum Gasteiger partial charge on any atom is 0.289 e. The molecule has 0 saturated heterocycles. The summed E-state index contributed by atoms with van der Waals surface area (Å²) >= 11 is 0. The number of aryl methyl sites for hydroxylation is 3. The van der Waals surface area contributed by atoms with E-state index in [1.807, 2.05) is 23.7 Å². The Morgan fingerprint density at radius 1 is 0.600 bits per heavy atom. The Hall–Kier alpha value is -1.88. The third-order valence-corrected chi connectivity index (χ3v) is 3.73. The summed E-state index contributed by atoms with van der Waals surface area (Å²) in [7, 11) is 6.15. The number of rotatable bonds is 3. The largest absolute Gasteiger partial charge is 1.00 e. The van der Waals surface area contributed by atoms with E-state index in [1.165, 1.54) is 0 Å². The molecule has 0 aliphatic carbocycles. The molecule has 134 valence electrons. The second kappa shape index (κ2) is 10.2. The molecule has 0 fully saturated rings. The Labute approximate surface area is 167 Å². The molecule has 3 rings (SSSR count). The van der Waals surface area contributed by atoms with Crippen molar-refractivity contribution in [3.8, 4) is 0 Å². The molecule has 0 unspecified atom stereocenters. The van der Waals surface area contributed by atoms with E-state index in [1.54, 1.807) is 0 Å². The Morgan fingerprint density at radius 3 is 1.44 bits per heavy atom. The van der Waals surface area contributed by atoms with Crippen LogP contribution in [0.4, 0.5) is 17.3 Å². The van der Waals surface area contributed by atoms with E-state index in [9.17, 15) is 0 Å². The molecule has 0 bridgehead atoms. The first-order valence-electron chi connectivity index (χ1n) is 7.31. The number of hydrogen-bond acceptors (Lipinski definition) is 1. The molecular weight excluding hydrogens is 379 g/mol. The first-order valence-corrected chi connectivity index (χ1v) is 7.31. The van der Waals surface area contributed by atoms with Crippen LogP contribution in [0.3, 0.4) is 0 Å². The van der Waals surface area contributed by atoms with E-state index in [2.05, 4.69) is 89.3 Å². The number of nitrogens with zero attached hydrogens (tertiary/aromatic N) is 4. The van der Waals surface area contributed by atoms with E-state index in [-0.39, 0.29) is 37.2 Å². The minimum Gasteiger partial charge on any atom is -1.00 e. The molecule has 0 aliphatic heterocycles. The van der Waals surface area contributed by atoms with Crippen LogP contribution in [-0.2, 0) is 21.1 Å². The van der Waals surface area contributed by atoms with Crippen molar-refractivity contribution in [3.05, 3.63) is 73.3 Å². The quantitative estimate of drug-likeness (QED) is 0.400. The Bertz CT molecular complexity index is 749. The van der Waals surface area contributed by atoms with Gasteiger partial charge in [-0.3, -0.25) is 0 Å². The smallest absolute Gasteiger partial charge is 0.289 e. The number of hydrogen-bond donors (Lipinski definition) is 0. The van der Waals surface area contributed by atoms with Gasteiger partial charge >= 0.3 is 0 Å². The fourth-order valence-electron chi connectivity index (χ4n) is 2.52. The summed E-state index contributed by atoms with van der Waals surface area (Å²) in [5.74, 6) is 2.22. The predicted molar refractivity (Wildman–Crippen MR) is 84.7 cm³/mol. The standard InChI is InChI=1S/C18H21N4.3ClH/c1-19-14-10-16(11-15-19)22(17-8-4-6-12-20(17)2)18-9-5-7-13-21(18)3;;;/h4-15H,1-3H3;3*1H/q+3;;;/p-3. The van der Waals surface area contributed by atoms with Crippen LogP contribution in [0.15, 0.2) is 73.3 Å². The van der Waals surface area contributed by atoms with Crippen LogP contribution >= 0.6 is 0 Å². The van der Waals surface area contributed by atoms with Gasteiger partial charge in [-0.25, -0.2) is 13.7 Å². The topological polar surface area (TPSA) is 14.9 Å². The summed E-state index contributed by atoms with van der Waals surface area (Å²) in [5, 5.41) is 0. The van der Waals surface area contributed by atoms with Crippen LogP contribution in [0, 0.1) is 0 Å². The summed E-state index contributed by atoms with van der Waals surface area (Å²) in [5.41, 5.74) is 1.13. The van der Waals surface area contributed by atoms with Gasteiger partial charge in [-0.1, -0.05) is 12.1 Å². The van der Waals surface area contributed by atoms with E-state index < -0.39 is 0 Å². The zero-order chi connectivity index (χ0) is 15.5. The molecule has 0 saturated carbocycles. The molecule has 0 aliphatic rings. The van der Waals surface area contributed by atoms with Crippen LogP contribution in [0.5, 0.6) is 0 Å². The summed E-state index contributed by atoms with van der Waals surface area (Å²) in [4.78, 5) is 2.25. The molecule has 0 spiro atoms. The van der Waals surface area contributed by atoms with Crippen molar-refractivity contribution in [2.24, 2.45) is 21.1 Å². The highest BCUT2D eigenvalue weighted by Crippen LogP contribution is 2.28. The predicted octanol–water partition coefficient (Wildman–Crippen LogP) is -7.36. The average Bonchev–Trinajstić information content (AvgIpc) is 2.53. The van der Waals surface area contributed by atoms with Crippen molar-refractivity contribution in [2.75, 3.05) is 4.90 Å². The first kappa shape index (κ1) is 23.1. The number of pyridine rings is 3. The minimum atomic E-state index is 0. The molecule has 0 aromatic carbocycles. The van der Waals surface area contributed by atoms with E-state index in [0.29, 0.717) is 0 Å². The highest BCUT2D eigenvalue weighted by atomic mass is 35.5. The molecule has 4 nitrogen and oxygen atoms in total. The second-order valence-corrected chi connectivity index (χ2v) is 5.40. The summed E-state index contributed by atoms with van der Waals surface area (Å²) in [6, 6.07) is 16.7. The van der Waals surface area contributed by atoms with Gasteiger partial charge in [-0.15, -0.1) is 0 Å². The maximum absolute atomic E-state index is 2.25. The lowest BCUT2D eigenvalue weighted by Crippen LogP contribution is -3.00. The molecular formula is C18H21Cl3N4. The molecule has 0 amide bonds. The molecule has 0 N–H and O–H groups in total. The zero-order valence-electron chi connectivity index (χ0n) is 14.4. The van der Waals surface area contributed by atoms with Crippen molar-refractivity contribution in [3.63, 3.8) is 0 Å².